The summed E-state index contributed by atoms with van der Waals surface area (Å²) in [6.45, 7) is 3.89. The number of hydrogen-bond acceptors (Lipinski definition) is 7. The Morgan fingerprint density at radius 1 is 0.451 bits per heavy atom. The van der Waals surface area contributed by atoms with E-state index < -0.39 is 37.0 Å². The summed E-state index contributed by atoms with van der Waals surface area (Å²) in [6, 6.07) is 0. The normalized spacial score (nSPS) is 13.9. The molecule has 8 heteroatoms. The third-order valence-electron chi connectivity index (χ3n) is 10.4. The number of carbonyl (C=O) groups excluding carboxylic acids is 2. The van der Waals surface area contributed by atoms with Gasteiger partial charge in [0.25, 0.3) is 0 Å². The van der Waals surface area contributed by atoms with E-state index in [0.717, 1.165) is 38.5 Å². The molecule has 0 radical (unpaired) electrons. The van der Waals surface area contributed by atoms with Gasteiger partial charge in [-0.25, -0.2) is 0 Å². The van der Waals surface area contributed by atoms with Gasteiger partial charge in [0, 0.05) is 26.4 Å². The van der Waals surface area contributed by atoms with Gasteiger partial charge >= 0.3 is 5.97 Å². The maximum Gasteiger partial charge on any atom is 0.305 e. The molecule has 51 heavy (non-hydrogen) atoms. The number of unbranched alkanes of at least 4 members (excludes halogenated alkanes) is 28. The van der Waals surface area contributed by atoms with E-state index in [9.17, 15) is 30.0 Å². The lowest BCUT2D eigenvalue weighted by atomic mass is 10.0. The summed E-state index contributed by atoms with van der Waals surface area (Å²) in [5.74, 6) is -0.575. The Hall–Kier alpha value is -1.22. The number of ether oxygens (including phenoxy) is 1. The SMILES string of the molecule is CCCCCCCCCCCCCCCCCC(=O)OC[C@@H](O)[C@@H](O)[C@H](O)[C@@H](O)CN(C)C(=O)CCCCCCCCCCCCCCCCC. The van der Waals surface area contributed by atoms with Crippen LogP contribution in [0.1, 0.15) is 219 Å². The van der Waals surface area contributed by atoms with E-state index >= 15 is 0 Å². The molecule has 0 aliphatic carbocycles. The number of hydrogen-bond donors (Lipinski definition) is 4. The van der Waals surface area contributed by atoms with Gasteiger partial charge in [0.05, 0.1) is 0 Å². The zero-order valence-corrected chi connectivity index (χ0v) is 33.8. The minimum absolute atomic E-state index is 0.126. The molecular weight excluding hydrogens is 642 g/mol. The summed E-state index contributed by atoms with van der Waals surface area (Å²) in [4.78, 5) is 26.0. The summed E-state index contributed by atoms with van der Waals surface area (Å²) in [5.41, 5.74) is 0. The molecule has 0 unspecified atom stereocenters. The standard InChI is InChI=1S/C43H85NO7/c1-4-6-8-10-12-14-16-18-20-22-24-26-28-30-32-34-40(47)44(3)36-38(45)42(49)43(50)39(46)37-51-41(48)35-33-31-29-27-25-23-21-19-17-15-13-11-9-7-5-2/h38-39,42-43,45-46,49-50H,4-37H2,1-3H3/t38-,39+,42+,43+/m0/s1. The topological polar surface area (TPSA) is 128 Å². The Morgan fingerprint density at radius 2 is 0.745 bits per heavy atom. The first kappa shape index (κ1) is 49.8. The van der Waals surface area contributed by atoms with Crippen molar-refractivity contribution in [3.63, 3.8) is 0 Å². The Bertz CT molecular complexity index is 767. The smallest absolute Gasteiger partial charge is 0.305 e. The van der Waals surface area contributed by atoms with Crippen molar-refractivity contribution in [2.24, 2.45) is 0 Å². The Kier molecular flexibility index (Phi) is 36.2. The van der Waals surface area contributed by atoms with E-state index in [4.69, 9.17) is 4.74 Å². The van der Waals surface area contributed by atoms with Crippen molar-refractivity contribution in [2.75, 3.05) is 20.2 Å². The average Bonchev–Trinajstić information content (AvgIpc) is 3.12. The lowest BCUT2D eigenvalue weighted by molar-refractivity contribution is -0.156. The molecular formula is C43H85NO7. The monoisotopic (exact) mass is 728 g/mol. The van der Waals surface area contributed by atoms with E-state index in [1.165, 1.54) is 159 Å². The van der Waals surface area contributed by atoms with Crippen LogP contribution in [-0.4, -0.2) is 81.8 Å². The molecule has 1 amide bonds. The molecule has 0 aliphatic heterocycles. The van der Waals surface area contributed by atoms with Crippen molar-refractivity contribution in [3.05, 3.63) is 0 Å². The van der Waals surface area contributed by atoms with Crippen LogP contribution in [0.4, 0.5) is 0 Å². The fraction of sp³-hybridized carbons (Fsp3) is 0.953. The summed E-state index contributed by atoms with van der Waals surface area (Å²) < 4.78 is 5.11. The molecule has 0 aromatic heterocycles. The van der Waals surface area contributed by atoms with Gasteiger partial charge in [-0.05, 0) is 12.8 Å². The van der Waals surface area contributed by atoms with Crippen molar-refractivity contribution < 1.29 is 34.8 Å². The lowest BCUT2D eigenvalue weighted by Crippen LogP contribution is -2.50. The molecule has 0 aliphatic rings. The second kappa shape index (κ2) is 37.1. The van der Waals surface area contributed by atoms with Crippen LogP contribution < -0.4 is 0 Å². The fourth-order valence-electron chi connectivity index (χ4n) is 6.77. The number of nitrogens with zero attached hydrogens (tertiary/aromatic N) is 1. The third kappa shape index (κ3) is 32.0. The second-order valence-corrected chi connectivity index (χ2v) is 15.5. The minimum atomic E-state index is -1.71. The van der Waals surface area contributed by atoms with E-state index in [-0.39, 0.29) is 18.9 Å². The van der Waals surface area contributed by atoms with Gasteiger partial charge < -0.3 is 30.1 Å². The number of amides is 1. The highest BCUT2D eigenvalue weighted by Crippen LogP contribution is 2.16. The van der Waals surface area contributed by atoms with Crippen molar-refractivity contribution in [3.8, 4) is 0 Å². The summed E-state index contributed by atoms with van der Waals surface area (Å²) in [6.07, 6.45) is 31.8. The van der Waals surface area contributed by atoms with E-state index in [0.29, 0.717) is 6.42 Å². The molecule has 0 aromatic carbocycles. The molecule has 0 bridgehead atoms. The van der Waals surface area contributed by atoms with Crippen LogP contribution in [-0.2, 0) is 14.3 Å². The number of aliphatic hydroxyl groups is 4. The average molecular weight is 728 g/mol. The summed E-state index contributed by atoms with van der Waals surface area (Å²) >= 11 is 0. The van der Waals surface area contributed by atoms with Crippen molar-refractivity contribution in [1.82, 2.24) is 4.90 Å². The number of carbonyl (C=O) groups is 2. The van der Waals surface area contributed by atoms with Gasteiger partial charge in [-0.15, -0.1) is 0 Å². The quantitative estimate of drug-likeness (QED) is 0.0367. The largest absolute Gasteiger partial charge is 0.463 e. The third-order valence-corrected chi connectivity index (χ3v) is 10.4. The molecule has 0 aromatic rings. The van der Waals surface area contributed by atoms with E-state index in [1.807, 2.05) is 0 Å². The van der Waals surface area contributed by atoms with Crippen LogP contribution in [0.2, 0.25) is 0 Å². The Labute approximate surface area is 314 Å². The predicted molar refractivity (Wildman–Crippen MR) is 212 cm³/mol. The maximum absolute atomic E-state index is 12.5. The molecule has 0 spiro atoms. The zero-order chi connectivity index (χ0) is 37.8. The first-order chi connectivity index (χ1) is 24.7. The van der Waals surface area contributed by atoms with Crippen LogP contribution in [0.25, 0.3) is 0 Å². The van der Waals surface area contributed by atoms with Gasteiger partial charge in [0.15, 0.2) is 0 Å². The zero-order valence-electron chi connectivity index (χ0n) is 33.8. The summed E-state index contributed by atoms with van der Waals surface area (Å²) in [5, 5.41) is 41.4. The molecule has 0 saturated heterocycles. The minimum Gasteiger partial charge on any atom is -0.463 e. The van der Waals surface area contributed by atoms with Crippen molar-refractivity contribution in [2.45, 2.75) is 244 Å². The molecule has 304 valence electrons. The molecule has 8 nitrogen and oxygen atoms in total. The van der Waals surface area contributed by atoms with Gasteiger partial charge in [-0.3, -0.25) is 9.59 Å². The first-order valence-electron chi connectivity index (χ1n) is 21.9. The van der Waals surface area contributed by atoms with E-state index in [1.54, 1.807) is 7.05 Å². The Balaban J connectivity index is 3.81. The molecule has 0 rings (SSSR count). The fourth-order valence-corrected chi connectivity index (χ4v) is 6.77. The molecule has 0 fully saturated rings. The van der Waals surface area contributed by atoms with Gasteiger partial charge in [0.1, 0.15) is 31.0 Å². The first-order valence-corrected chi connectivity index (χ1v) is 21.9. The number of aliphatic hydroxyl groups excluding tert-OH is 4. The van der Waals surface area contributed by atoms with Crippen molar-refractivity contribution in [1.29, 1.82) is 0 Å². The predicted octanol–water partition coefficient (Wildman–Crippen LogP) is 9.95. The molecule has 4 N–H and O–H groups in total. The van der Waals surface area contributed by atoms with Crippen LogP contribution in [0.5, 0.6) is 0 Å². The highest BCUT2D eigenvalue weighted by atomic mass is 16.5. The summed E-state index contributed by atoms with van der Waals surface area (Å²) in [7, 11) is 1.56. The molecule has 0 heterocycles. The van der Waals surface area contributed by atoms with Gasteiger partial charge in [0.2, 0.25) is 5.91 Å². The Morgan fingerprint density at radius 3 is 1.10 bits per heavy atom. The van der Waals surface area contributed by atoms with Gasteiger partial charge in [-0.1, -0.05) is 194 Å². The highest BCUT2D eigenvalue weighted by Gasteiger charge is 2.32. The maximum atomic E-state index is 12.5. The van der Waals surface area contributed by atoms with Crippen LogP contribution in [0.3, 0.4) is 0 Å². The van der Waals surface area contributed by atoms with Crippen LogP contribution in [0.15, 0.2) is 0 Å². The molecule has 4 atom stereocenters. The molecule has 0 saturated carbocycles. The number of esters is 1. The van der Waals surface area contributed by atoms with Crippen LogP contribution >= 0.6 is 0 Å². The second-order valence-electron chi connectivity index (χ2n) is 15.5. The van der Waals surface area contributed by atoms with Crippen LogP contribution in [0, 0.1) is 0 Å². The number of likely N-dealkylation sites (N-methyl/N-ethyl adjacent to an activating group) is 1. The van der Waals surface area contributed by atoms with E-state index in [2.05, 4.69) is 13.8 Å². The van der Waals surface area contributed by atoms with Gasteiger partial charge in [-0.2, -0.15) is 0 Å². The lowest BCUT2D eigenvalue weighted by Gasteiger charge is -2.29. The highest BCUT2D eigenvalue weighted by molar-refractivity contribution is 5.75. The number of rotatable bonds is 39. The van der Waals surface area contributed by atoms with Crippen molar-refractivity contribution >= 4 is 11.9 Å².